The van der Waals surface area contributed by atoms with Gasteiger partial charge in [-0.3, -0.25) is 0 Å². The van der Waals surface area contributed by atoms with Gasteiger partial charge in [0.25, 0.3) is 0 Å². The Morgan fingerprint density at radius 3 is 2.07 bits per heavy atom. The van der Waals surface area contributed by atoms with E-state index in [-0.39, 0.29) is 0 Å². The van der Waals surface area contributed by atoms with Crippen LogP contribution in [0, 0.1) is 6.92 Å². The van der Waals surface area contributed by atoms with E-state index in [4.69, 9.17) is 14.2 Å². The summed E-state index contributed by atoms with van der Waals surface area (Å²) in [7, 11) is 1.63. The number of benzene rings is 3. The number of para-hydroxylation sites is 1. The number of hydrogen-bond acceptors (Lipinski definition) is 4. The number of rotatable bonds is 6. The van der Waals surface area contributed by atoms with Gasteiger partial charge in [0.1, 0.15) is 17.2 Å². The predicted molar refractivity (Wildman–Crippen MR) is 113 cm³/mol. The van der Waals surface area contributed by atoms with Crippen molar-refractivity contribution in [3.05, 3.63) is 96.3 Å². The highest BCUT2D eigenvalue weighted by atomic mass is 16.5. The van der Waals surface area contributed by atoms with E-state index in [0.717, 1.165) is 17.0 Å². The fraction of sp³-hybridized carbons (Fsp3) is 0.125. The zero-order valence-corrected chi connectivity index (χ0v) is 16.3. The molecule has 0 aromatic heterocycles. The van der Waals surface area contributed by atoms with Crippen molar-refractivity contribution in [3.63, 3.8) is 0 Å². The van der Waals surface area contributed by atoms with E-state index in [1.165, 1.54) is 5.56 Å². The van der Waals surface area contributed by atoms with Crippen molar-refractivity contribution in [2.45, 2.75) is 13.8 Å². The Balaban J connectivity index is 1.84. The lowest BCUT2D eigenvalue weighted by Crippen LogP contribution is -2.10. The van der Waals surface area contributed by atoms with Gasteiger partial charge in [-0.2, -0.15) is 0 Å². The van der Waals surface area contributed by atoms with Crippen LogP contribution in [0.2, 0.25) is 0 Å². The summed E-state index contributed by atoms with van der Waals surface area (Å²) in [6.07, 6.45) is 1.64. The first-order valence-electron chi connectivity index (χ1n) is 9.00. The van der Waals surface area contributed by atoms with Crippen molar-refractivity contribution in [2.75, 3.05) is 7.11 Å². The van der Waals surface area contributed by atoms with Crippen LogP contribution in [0.15, 0.2) is 95.7 Å². The van der Waals surface area contributed by atoms with Gasteiger partial charge in [-0.15, -0.1) is 0 Å². The maximum absolute atomic E-state index is 6.02. The van der Waals surface area contributed by atoms with Crippen LogP contribution < -0.4 is 14.2 Å². The third-order valence-electron chi connectivity index (χ3n) is 3.99. The Morgan fingerprint density at radius 2 is 1.43 bits per heavy atom. The first-order valence-corrected chi connectivity index (χ1v) is 9.00. The van der Waals surface area contributed by atoms with Crippen molar-refractivity contribution in [1.82, 2.24) is 0 Å². The highest BCUT2D eigenvalue weighted by Crippen LogP contribution is 2.20. The van der Waals surface area contributed by atoms with Gasteiger partial charge >= 0.3 is 0 Å². The predicted octanol–water partition coefficient (Wildman–Crippen LogP) is 6.10. The molecule has 0 heterocycles. The highest BCUT2D eigenvalue weighted by Gasteiger charge is 2.08. The zero-order valence-electron chi connectivity index (χ0n) is 16.3. The fourth-order valence-electron chi connectivity index (χ4n) is 2.39. The molecule has 3 aromatic carbocycles. The van der Waals surface area contributed by atoms with Crippen LogP contribution in [0.25, 0.3) is 0 Å². The van der Waals surface area contributed by atoms with Crippen LogP contribution in [-0.4, -0.2) is 13.0 Å². The number of aryl methyl sites for hydroxylation is 1. The Kier molecular flexibility index (Phi) is 6.47. The van der Waals surface area contributed by atoms with Gasteiger partial charge in [0.2, 0.25) is 5.90 Å². The Labute approximate surface area is 165 Å². The molecule has 0 saturated carbocycles. The Hall–Kier alpha value is -3.53. The third-order valence-corrected chi connectivity index (χ3v) is 3.99. The van der Waals surface area contributed by atoms with Crippen molar-refractivity contribution >= 4 is 11.6 Å². The quantitative estimate of drug-likeness (QED) is 0.298. The summed E-state index contributed by atoms with van der Waals surface area (Å²) in [5.74, 6) is 2.67. The SMILES string of the molecule is COc1ccc(O/C=C(\C)C(=Nc2ccc(C)cc2)Oc2ccccc2)cc1. The summed E-state index contributed by atoms with van der Waals surface area (Å²) in [5, 5.41) is 0. The summed E-state index contributed by atoms with van der Waals surface area (Å²) < 4.78 is 16.9. The monoisotopic (exact) mass is 373 g/mol. The van der Waals surface area contributed by atoms with Crippen LogP contribution in [0.1, 0.15) is 12.5 Å². The summed E-state index contributed by atoms with van der Waals surface area (Å²) in [4.78, 5) is 4.66. The average Bonchev–Trinajstić information content (AvgIpc) is 2.74. The first kappa shape index (κ1) is 19.2. The molecule has 4 nitrogen and oxygen atoms in total. The number of hydrogen-bond donors (Lipinski definition) is 0. The zero-order chi connectivity index (χ0) is 19.8. The molecule has 4 heteroatoms. The normalized spacial score (nSPS) is 11.8. The topological polar surface area (TPSA) is 40.0 Å². The maximum Gasteiger partial charge on any atom is 0.225 e. The molecule has 0 N–H and O–H groups in total. The fourth-order valence-corrected chi connectivity index (χ4v) is 2.39. The minimum atomic E-state index is 0.476. The van der Waals surface area contributed by atoms with Gasteiger partial charge in [-0.05, 0) is 62.4 Å². The largest absolute Gasteiger partial charge is 0.497 e. The van der Waals surface area contributed by atoms with Crippen LogP contribution in [-0.2, 0) is 0 Å². The van der Waals surface area contributed by atoms with Gasteiger partial charge < -0.3 is 14.2 Å². The standard InChI is InChI=1S/C24H23NO3/c1-18-9-11-20(12-10-18)25-24(28-23-7-5-4-6-8-23)19(2)17-27-22-15-13-21(26-3)14-16-22/h4-17H,1-3H3/b19-17+,25-24?. The van der Waals surface area contributed by atoms with E-state index in [1.807, 2.05) is 92.7 Å². The third kappa shape index (κ3) is 5.48. The molecule has 0 aliphatic heterocycles. The van der Waals surface area contributed by atoms with Crippen molar-refractivity contribution < 1.29 is 14.2 Å². The van der Waals surface area contributed by atoms with Gasteiger partial charge in [0, 0.05) is 5.57 Å². The molecule has 0 aliphatic carbocycles. The van der Waals surface area contributed by atoms with Crippen molar-refractivity contribution in [2.24, 2.45) is 4.99 Å². The molecule has 0 spiro atoms. The molecule has 0 bridgehead atoms. The van der Waals surface area contributed by atoms with E-state index in [9.17, 15) is 0 Å². The summed E-state index contributed by atoms with van der Waals surface area (Å²) in [6.45, 7) is 3.95. The number of nitrogens with zero attached hydrogens (tertiary/aromatic N) is 1. The summed E-state index contributed by atoms with van der Waals surface area (Å²) in [6, 6.07) is 24.9. The smallest absolute Gasteiger partial charge is 0.225 e. The summed E-state index contributed by atoms with van der Waals surface area (Å²) >= 11 is 0. The molecule has 3 rings (SSSR count). The minimum absolute atomic E-state index is 0.476. The van der Waals surface area contributed by atoms with E-state index in [2.05, 4.69) is 4.99 Å². The Morgan fingerprint density at radius 1 is 0.786 bits per heavy atom. The lowest BCUT2D eigenvalue weighted by atomic mass is 10.2. The Bertz CT molecular complexity index is 943. The number of methoxy groups -OCH3 is 1. The van der Waals surface area contributed by atoms with Crippen LogP contribution in [0.4, 0.5) is 5.69 Å². The molecule has 142 valence electrons. The minimum Gasteiger partial charge on any atom is -0.497 e. The molecule has 28 heavy (non-hydrogen) atoms. The van der Waals surface area contributed by atoms with E-state index in [1.54, 1.807) is 13.4 Å². The molecule has 0 unspecified atom stereocenters. The second-order valence-corrected chi connectivity index (χ2v) is 6.26. The first-order chi connectivity index (χ1) is 13.6. The molecular weight excluding hydrogens is 350 g/mol. The second-order valence-electron chi connectivity index (χ2n) is 6.26. The van der Waals surface area contributed by atoms with Gasteiger partial charge in [-0.25, -0.2) is 4.99 Å². The molecule has 0 radical (unpaired) electrons. The van der Waals surface area contributed by atoms with Gasteiger partial charge in [0.05, 0.1) is 19.1 Å². The maximum atomic E-state index is 6.02. The second kappa shape index (κ2) is 9.42. The number of ether oxygens (including phenoxy) is 3. The highest BCUT2D eigenvalue weighted by molar-refractivity contribution is 5.96. The summed E-state index contributed by atoms with van der Waals surface area (Å²) in [5.41, 5.74) is 2.76. The molecule has 0 saturated heterocycles. The number of aliphatic imine (C=N–C) groups is 1. The molecule has 0 aliphatic rings. The lowest BCUT2D eigenvalue weighted by molar-refractivity contribution is 0.412. The van der Waals surface area contributed by atoms with Crippen LogP contribution >= 0.6 is 0 Å². The molecule has 0 fully saturated rings. The van der Waals surface area contributed by atoms with Crippen LogP contribution in [0.3, 0.4) is 0 Å². The van der Waals surface area contributed by atoms with Crippen LogP contribution in [0.5, 0.6) is 17.2 Å². The van der Waals surface area contributed by atoms with Crippen molar-refractivity contribution in [3.8, 4) is 17.2 Å². The molecule has 3 aromatic rings. The van der Waals surface area contributed by atoms with Gasteiger partial charge in [0.15, 0.2) is 0 Å². The van der Waals surface area contributed by atoms with Crippen molar-refractivity contribution in [1.29, 1.82) is 0 Å². The molecule has 0 amide bonds. The van der Waals surface area contributed by atoms with Gasteiger partial charge in [-0.1, -0.05) is 35.9 Å². The average molecular weight is 373 g/mol. The van der Waals surface area contributed by atoms with E-state index < -0.39 is 0 Å². The molecular formula is C24H23NO3. The van der Waals surface area contributed by atoms with E-state index in [0.29, 0.717) is 17.4 Å². The van der Waals surface area contributed by atoms with E-state index >= 15 is 0 Å². The lowest BCUT2D eigenvalue weighted by Gasteiger charge is -2.10. The molecule has 0 atom stereocenters.